The molecule has 0 aromatic rings. The molecule has 0 aliphatic heterocycles. The third kappa shape index (κ3) is 3.46. The van der Waals surface area contributed by atoms with Gasteiger partial charge in [0.25, 0.3) is 0 Å². The lowest BCUT2D eigenvalue weighted by atomic mass is 10.0. The molecule has 2 atom stereocenters. The smallest absolute Gasteiger partial charge is 0.319 e. The molecule has 1 saturated carbocycles. The molecule has 0 spiro atoms. The van der Waals surface area contributed by atoms with Crippen LogP contribution < -0.4 is 5.73 Å². The standard InChI is InChI=1S/C12H24N2O2/c1-3-7-14(9-12(15)16-2)11-6-4-5-10(11)8-13/h10-11H,3-9,13H2,1-2H3. The van der Waals surface area contributed by atoms with E-state index in [1.54, 1.807) is 0 Å². The minimum Gasteiger partial charge on any atom is -0.468 e. The molecule has 1 aliphatic rings. The zero-order valence-electron chi connectivity index (χ0n) is 10.4. The minimum absolute atomic E-state index is 0.142. The lowest BCUT2D eigenvalue weighted by molar-refractivity contribution is -0.142. The van der Waals surface area contributed by atoms with E-state index in [-0.39, 0.29) is 5.97 Å². The van der Waals surface area contributed by atoms with E-state index in [2.05, 4.69) is 11.8 Å². The second kappa shape index (κ2) is 6.86. The molecule has 94 valence electrons. The van der Waals surface area contributed by atoms with Crippen molar-refractivity contribution >= 4 is 5.97 Å². The van der Waals surface area contributed by atoms with Crippen molar-refractivity contribution in [3.63, 3.8) is 0 Å². The molecule has 4 nitrogen and oxygen atoms in total. The molecular weight excluding hydrogens is 204 g/mol. The van der Waals surface area contributed by atoms with Gasteiger partial charge in [0.15, 0.2) is 0 Å². The predicted octanol–water partition coefficient (Wildman–Crippen LogP) is 0.999. The molecule has 16 heavy (non-hydrogen) atoms. The maximum atomic E-state index is 11.4. The Morgan fingerprint density at radius 3 is 2.81 bits per heavy atom. The van der Waals surface area contributed by atoms with E-state index in [4.69, 9.17) is 10.5 Å². The Labute approximate surface area is 98.1 Å². The van der Waals surface area contributed by atoms with E-state index in [1.165, 1.54) is 26.4 Å². The number of nitrogens with zero attached hydrogens (tertiary/aromatic N) is 1. The summed E-state index contributed by atoms with van der Waals surface area (Å²) in [5, 5.41) is 0. The topological polar surface area (TPSA) is 55.6 Å². The summed E-state index contributed by atoms with van der Waals surface area (Å²) in [5.41, 5.74) is 5.78. The quantitative estimate of drug-likeness (QED) is 0.689. The van der Waals surface area contributed by atoms with Crippen LogP contribution >= 0.6 is 0 Å². The molecule has 0 saturated heterocycles. The molecule has 0 amide bonds. The highest BCUT2D eigenvalue weighted by Crippen LogP contribution is 2.29. The highest BCUT2D eigenvalue weighted by molar-refractivity contribution is 5.71. The molecule has 2 N–H and O–H groups in total. The van der Waals surface area contributed by atoms with Crippen LogP contribution in [0.25, 0.3) is 0 Å². The zero-order valence-corrected chi connectivity index (χ0v) is 10.4. The van der Waals surface area contributed by atoms with Gasteiger partial charge >= 0.3 is 5.97 Å². The van der Waals surface area contributed by atoms with Gasteiger partial charge in [0, 0.05) is 6.04 Å². The second-order valence-electron chi connectivity index (χ2n) is 4.54. The average molecular weight is 228 g/mol. The van der Waals surface area contributed by atoms with Crippen LogP contribution in [0.3, 0.4) is 0 Å². The Morgan fingerprint density at radius 1 is 1.50 bits per heavy atom. The number of nitrogens with two attached hydrogens (primary N) is 1. The van der Waals surface area contributed by atoms with Crippen molar-refractivity contribution in [1.29, 1.82) is 0 Å². The molecule has 0 bridgehead atoms. The zero-order chi connectivity index (χ0) is 12.0. The lowest BCUT2D eigenvalue weighted by Gasteiger charge is -2.31. The van der Waals surface area contributed by atoms with Gasteiger partial charge in [-0.3, -0.25) is 9.69 Å². The summed E-state index contributed by atoms with van der Waals surface area (Å²) >= 11 is 0. The maximum Gasteiger partial charge on any atom is 0.319 e. The van der Waals surface area contributed by atoms with Crippen LogP contribution in [-0.2, 0) is 9.53 Å². The summed E-state index contributed by atoms with van der Waals surface area (Å²) in [5.74, 6) is 0.410. The van der Waals surface area contributed by atoms with Gasteiger partial charge in [0.05, 0.1) is 13.7 Å². The van der Waals surface area contributed by atoms with Crippen molar-refractivity contribution in [2.24, 2.45) is 11.7 Å². The Balaban J connectivity index is 2.57. The van der Waals surface area contributed by atoms with Crippen molar-refractivity contribution in [2.75, 3.05) is 26.7 Å². The van der Waals surface area contributed by atoms with E-state index >= 15 is 0 Å². The van der Waals surface area contributed by atoms with Crippen molar-refractivity contribution < 1.29 is 9.53 Å². The van der Waals surface area contributed by atoms with E-state index in [0.717, 1.165) is 19.5 Å². The van der Waals surface area contributed by atoms with Crippen LogP contribution in [0.2, 0.25) is 0 Å². The molecule has 0 aromatic heterocycles. The van der Waals surface area contributed by atoms with Gasteiger partial charge in [-0.25, -0.2) is 0 Å². The fourth-order valence-electron chi connectivity index (χ4n) is 2.65. The molecule has 0 radical (unpaired) electrons. The second-order valence-corrected chi connectivity index (χ2v) is 4.54. The van der Waals surface area contributed by atoms with Gasteiger partial charge < -0.3 is 10.5 Å². The van der Waals surface area contributed by atoms with Crippen LogP contribution in [0, 0.1) is 5.92 Å². The molecule has 1 rings (SSSR count). The van der Waals surface area contributed by atoms with Crippen LogP contribution in [-0.4, -0.2) is 43.7 Å². The number of carbonyl (C=O) groups excluding carboxylic acids is 1. The summed E-state index contributed by atoms with van der Waals surface area (Å²) in [4.78, 5) is 13.6. The molecule has 1 aliphatic carbocycles. The first-order valence-electron chi connectivity index (χ1n) is 6.23. The summed E-state index contributed by atoms with van der Waals surface area (Å²) in [6, 6.07) is 0.476. The summed E-state index contributed by atoms with van der Waals surface area (Å²) in [7, 11) is 1.45. The highest BCUT2D eigenvalue weighted by atomic mass is 16.5. The van der Waals surface area contributed by atoms with Gasteiger partial charge in [0.1, 0.15) is 0 Å². The number of ether oxygens (including phenoxy) is 1. The van der Waals surface area contributed by atoms with E-state index in [0.29, 0.717) is 18.5 Å². The Hall–Kier alpha value is -0.610. The van der Waals surface area contributed by atoms with Gasteiger partial charge in [-0.2, -0.15) is 0 Å². The van der Waals surface area contributed by atoms with Gasteiger partial charge in [-0.15, -0.1) is 0 Å². The highest BCUT2D eigenvalue weighted by Gasteiger charge is 2.31. The molecule has 4 heteroatoms. The van der Waals surface area contributed by atoms with Crippen LogP contribution in [0.1, 0.15) is 32.6 Å². The summed E-state index contributed by atoms with van der Waals surface area (Å²) < 4.78 is 4.74. The number of carbonyl (C=O) groups is 1. The third-order valence-electron chi connectivity index (χ3n) is 3.46. The van der Waals surface area contributed by atoms with Gasteiger partial charge in [-0.05, 0) is 38.3 Å². The van der Waals surface area contributed by atoms with Crippen LogP contribution in [0.4, 0.5) is 0 Å². The van der Waals surface area contributed by atoms with E-state index in [9.17, 15) is 4.79 Å². The number of rotatable bonds is 6. The molecule has 1 fully saturated rings. The van der Waals surface area contributed by atoms with Crippen LogP contribution in [0.5, 0.6) is 0 Å². The Bertz CT molecular complexity index is 221. The average Bonchev–Trinajstić information content (AvgIpc) is 2.76. The Kier molecular flexibility index (Phi) is 5.77. The SMILES string of the molecule is CCCN(CC(=O)OC)C1CCCC1CN. The number of esters is 1. The fourth-order valence-corrected chi connectivity index (χ4v) is 2.65. The van der Waals surface area contributed by atoms with Gasteiger partial charge in [-0.1, -0.05) is 13.3 Å². The first-order valence-corrected chi connectivity index (χ1v) is 6.23. The normalized spacial score (nSPS) is 25.0. The van der Waals surface area contributed by atoms with Crippen molar-refractivity contribution in [2.45, 2.75) is 38.6 Å². The molecule has 0 heterocycles. The summed E-state index contributed by atoms with van der Waals surface area (Å²) in [6.07, 6.45) is 4.65. The fraction of sp³-hybridized carbons (Fsp3) is 0.917. The first kappa shape index (κ1) is 13.5. The van der Waals surface area contributed by atoms with Gasteiger partial charge in [0.2, 0.25) is 0 Å². The van der Waals surface area contributed by atoms with Crippen molar-refractivity contribution in [1.82, 2.24) is 4.90 Å². The van der Waals surface area contributed by atoms with Crippen molar-refractivity contribution in [3.05, 3.63) is 0 Å². The molecule has 0 aromatic carbocycles. The monoisotopic (exact) mass is 228 g/mol. The number of hydrogen-bond acceptors (Lipinski definition) is 4. The van der Waals surface area contributed by atoms with E-state index in [1.807, 2.05) is 0 Å². The lowest BCUT2D eigenvalue weighted by Crippen LogP contribution is -2.43. The van der Waals surface area contributed by atoms with Crippen molar-refractivity contribution in [3.8, 4) is 0 Å². The van der Waals surface area contributed by atoms with Crippen LogP contribution in [0.15, 0.2) is 0 Å². The third-order valence-corrected chi connectivity index (χ3v) is 3.46. The number of methoxy groups -OCH3 is 1. The number of hydrogen-bond donors (Lipinski definition) is 1. The maximum absolute atomic E-state index is 11.4. The Morgan fingerprint density at radius 2 is 2.25 bits per heavy atom. The largest absolute Gasteiger partial charge is 0.468 e. The summed E-state index contributed by atoms with van der Waals surface area (Å²) in [6.45, 7) is 4.23. The predicted molar refractivity (Wildman–Crippen MR) is 64.1 cm³/mol. The first-order chi connectivity index (χ1) is 7.72. The molecular formula is C12H24N2O2. The van der Waals surface area contributed by atoms with E-state index < -0.39 is 0 Å². The minimum atomic E-state index is -0.142. The molecule has 2 unspecified atom stereocenters.